The third-order valence-corrected chi connectivity index (χ3v) is 6.66. The summed E-state index contributed by atoms with van der Waals surface area (Å²) in [6.45, 7) is 0. The lowest BCUT2D eigenvalue weighted by Gasteiger charge is -2.51. The Hall–Kier alpha value is -3.21. The number of nitrogens with zero attached hydrogens (tertiary/aromatic N) is 1. The number of likely N-dealkylation sites (N-methyl/N-ethyl adjacent to an activating group) is 1. The molecule has 3 aliphatic rings. The van der Waals surface area contributed by atoms with Gasteiger partial charge in [-0.25, -0.2) is 0 Å². The van der Waals surface area contributed by atoms with E-state index in [1.807, 2.05) is 0 Å². The number of fused-ring (bicyclic) bond motifs is 3. The van der Waals surface area contributed by atoms with Gasteiger partial charge < -0.3 is 31.9 Å². The zero-order valence-corrected chi connectivity index (χ0v) is 16.9. The molecule has 1 amide bonds. The number of phenolic OH excluding ortho intramolecular Hbond substituents is 1. The van der Waals surface area contributed by atoms with Crippen molar-refractivity contribution in [2.24, 2.45) is 23.3 Å². The number of carbonyl (C=O) groups excluding carboxylic acids is 3. The van der Waals surface area contributed by atoms with Gasteiger partial charge in [0.15, 0.2) is 11.4 Å². The standard InChI is InChI=1S/C21H23N3O7/c1-24(2)15-9-6-8-12(16(26)11-7(14(8)22)4-3-5-10(11)25)18(28)21(9,31)19(29)13(17(15)27)20(23)30/h3-5,8-9,14-15,25,27-28,31H,6,22H2,1-2H3,(H2,23,30)/t8-,9-,14-,15-,21-/m0/s1. The molecule has 5 atom stereocenters. The number of primary amides is 1. The molecule has 0 fully saturated rings. The van der Waals surface area contributed by atoms with Crippen molar-refractivity contribution in [2.75, 3.05) is 14.1 Å². The summed E-state index contributed by atoms with van der Waals surface area (Å²) in [5.74, 6) is -7.13. The van der Waals surface area contributed by atoms with Crippen molar-refractivity contribution in [3.63, 3.8) is 0 Å². The summed E-state index contributed by atoms with van der Waals surface area (Å²) in [7, 11) is 3.12. The van der Waals surface area contributed by atoms with E-state index in [9.17, 15) is 34.8 Å². The number of hydrogen-bond donors (Lipinski definition) is 6. The molecule has 164 valence electrons. The molecule has 0 aliphatic heterocycles. The van der Waals surface area contributed by atoms with E-state index < -0.39 is 64.1 Å². The molecule has 0 saturated heterocycles. The molecule has 0 unspecified atom stereocenters. The first-order valence-electron chi connectivity index (χ1n) is 9.66. The number of amides is 1. The monoisotopic (exact) mass is 429 g/mol. The van der Waals surface area contributed by atoms with Crippen LogP contribution in [0.15, 0.2) is 40.9 Å². The molecule has 3 aliphatic carbocycles. The van der Waals surface area contributed by atoms with Gasteiger partial charge in [-0.15, -0.1) is 0 Å². The summed E-state index contributed by atoms with van der Waals surface area (Å²) in [5, 5.41) is 43.4. The van der Waals surface area contributed by atoms with Crippen LogP contribution >= 0.6 is 0 Å². The van der Waals surface area contributed by atoms with Gasteiger partial charge in [-0.3, -0.25) is 19.3 Å². The highest BCUT2D eigenvalue weighted by molar-refractivity contribution is 6.24. The van der Waals surface area contributed by atoms with Crippen LogP contribution in [-0.4, -0.2) is 68.5 Å². The lowest BCUT2D eigenvalue weighted by Crippen LogP contribution is -2.64. The first-order chi connectivity index (χ1) is 14.4. The predicted octanol–water partition coefficient (Wildman–Crippen LogP) is -0.422. The van der Waals surface area contributed by atoms with Crippen molar-refractivity contribution in [3.05, 3.63) is 52.0 Å². The molecule has 0 aromatic heterocycles. The van der Waals surface area contributed by atoms with Gasteiger partial charge >= 0.3 is 0 Å². The average Bonchev–Trinajstić information content (AvgIpc) is 2.68. The van der Waals surface area contributed by atoms with Crippen LogP contribution in [0.25, 0.3) is 0 Å². The first-order valence-corrected chi connectivity index (χ1v) is 9.66. The van der Waals surface area contributed by atoms with Gasteiger partial charge in [0, 0.05) is 23.5 Å². The van der Waals surface area contributed by atoms with Gasteiger partial charge in [0.25, 0.3) is 5.91 Å². The normalized spacial score (nSPS) is 32.7. The lowest BCUT2D eigenvalue weighted by molar-refractivity contribution is -0.148. The minimum absolute atomic E-state index is 0.0530. The molecule has 10 nitrogen and oxygen atoms in total. The maximum Gasteiger partial charge on any atom is 0.255 e. The first kappa shape index (κ1) is 21.0. The smallest absolute Gasteiger partial charge is 0.255 e. The molecule has 0 heterocycles. The quantitative estimate of drug-likeness (QED) is 0.339. The van der Waals surface area contributed by atoms with Crippen molar-refractivity contribution in [1.82, 2.24) is 4.90 Å². The van der Waals surface area contributed by atoms with Crippen molar-refractivity contribution < 1.29 is 34.8 Å². The number of carbonyl (C=O) groups is 3. The van der Waals surface area contributed by atoms with Crippen molar-refractivity contribution >= 4 is 17.5 Å². The molecular weight excluding hydrogens is 406 g/mol. The van der Waals surface area contributed by atoms with Crippen LogP contribution in [0.1, 0.15) is 28.4 Å². The summed E-state index contributed by atoms with van der Waals surface area (Å²) in [6.07, 6.45) is -0.0530. The van der Waals surface area contributed by atoms with Gasteiger partial charge in [-0.05, 0) is 32.1 Å². The van der Waals surface area contributed by atoms with E-state index in [0.29, 0.717) is 5.56 Å². The van der Waals surface area contributed by atoms with Crippen LogP contribution in [0, 0.1) is 11.8 Å². The average molecular weight is 429 g/mol. The molecule has 31 heavy (non-hydrogen) atoms. The fourth-order valence-electron chi connectivity index (χ4n) is 5.28. The van der Waals surface area contributed by atoms with Crippen molar-refractivity contribution in [1.29, 1.82) is 0 Å². The number of aliphatic hydroxyl groups is 3. The van der Waals surface area contributed by atoms with Gasteiger partial charge in [0.1, 0.15) is 22.8 Å². The second-order valence-corrected chi connectivity index (χ2v) is 8.44. The number of rotatable bonds is 2. The molecule has 0 bridgehead atoms. The number of aliphatic hydroxyl groups excluding tert-OH is 2. The lowest BCUT2D eigenvalue weighted by atomic mass is 9.57. The number of aromatic hydroxyl groups is 1. The molecular formula is C21H23N3O7. The second-order valence-electron chi connectivity index (χ2n) is 8.44. The van der Waals surface area contributed by atoms with E-state index >= 15 is 0 Å². The van der Waals surface area contributed by atoms with Gasteiger partial charge in [0.05, 0.1) is 11.6 Å². The fraction of sp³-hybridized carbons (Fsp3) is 0.381. The molecule has 0 radical (unpaired) electrons. The molecule has 1 aromatic carbocycles. The Kier molecular flexibility index (Phi) is 4.51. The largest absolute Gasteiger partial charge is 0.510 e. The van der Waals surface area contributed by atoms with Crippen LogP contribution in [0.5, 0.6) is 5.75 Å². The maximum absolute atomic E-state index is 13.2. The molecule has 1 aromatic rings. The summed E-state index contributed by atoms with van der Waals surface area (Å²) in [6, 6.07) is 2.53. The van der Waals surface area contributed by atoms with E-state index in [0.717, 1.165) is 0 Å². The Morgan fingerprint density at radius 3 is 2.42 bits per heavy atom. The van der Waals surface area contributed by atoms with E-state index in [4.69, 9.17) is 11.5 Å². The molecule has 8 N–H and O–H groups in total. The minimum Gasteiger partial charge on any atom is -0.510 e. The molecule has 0 spiro atoms. The minimum atomic E-state index is -2.67. The third kappa shape index (κ3) is 2.52. The van der Waals surface area contributed by atoms with Crippen molar-refractivity contribution in [3.8, 4) is 5.75 Å². The second kappa shape index (κ2) is 6.64. The fourth-order valence-corrected chi connectivity index (χ4v) is 5.28. The van der Waals surface area contributed by atoms with E-state index in [1.165, 1.54) is 17.0 Å². The number of nitrogens with two attached hydrogens (primary N) is 2. The summed E-state index contributed by atoms with van der Waals surface area (Å²) < 4.78 is 0. The predicted molar refractivity (Wildman–Crippen MR) is 107 cm³/mol. The van der Waals surface area contributed by atoms with Gasteiger partial charge in [-0.2, -0.15) is 0 Å². The number of benzene rings is 1. The summed E-state index contributed by atoms with van der Waals surface area (Å²) >= 11 is 0. The Labute approximate surface area is 177 Å². The number of hydrogen-bond acceptors (Lipinski definition) is 9. The highest BCUT2D eigenvalue weighted by atomic mass is 16.3. The molecule has 4 rings (SSSR count). The Balaban J connectivity index is 2.01. The zero-order chi connectivity index (χ0) is 23.0. The van der Waals surface area contributed by atoms with Gasteiger partial charge in [0.2, 0.25) is 5.78 Å². The van der Waals surface area contributed by atoms with Crippen LogP contribution in [0.2, 0.25) is 0 Å². The summed E-state index contributed by atoms with van der Waals surface area (Å²) in [4.78, 5) is 39.7. The van der Waals surface area contributed by atoms with Crippen LogP contribution in [-0.2, 0) is 9.59 Å². The third-order valence-electron chi connectivity index (χ3n) is 6.66. The number of phenols is 1. The highest BCUT2D eigenvalue weighted by Gasteiger charge is 2.64. The zero-order valence-electron chi connectivity index (χ0n) is 16.9. The summed E-state index contributed by atoms with van der Waals surface area (Å²) in [5.41, 5.74) is 8.12. The Morgan fingerprint density at radius 2 is 1.84 bits per heavy atom. The highest BCUT2D eigenvalue weighted by Crippen LogP contribution is 2.54. The number of Topliss-reactive ketones (excluding diaryl/α,β-unsaturated/α-hetero) is 2. The van der Waals surface area contributed by atoms with E-state index in [1.54, 1.807) is 20.2 Å². The molecule has 10 heteroatoms. The Bertz CT molecular complexity index is 1110. The van der Waals surface area contributed by atoms with Crippen LogP contribution < -0.4 is 11.5 Å². The van der Waals surface area contributed by atoms with Crippen LogP contribution in [0.4, 0.5) is 0 Å². The Morgan fingerprint density at radius 1 is 1.19 bits per heavy atom. The number of ketones is 2. The maximum atomic E-state index is 13.2. The van der Waals surface area contributed by atoms with Gasteiger partial charge in [-0.1, -0.05) is 12.1 Å². The molecule has 0 saturated carbocycles. The SMILES string of the molecule is CN(C)[C@@H]1C(O)=C(C(N)=O)C(=O)[C@@]2(O)C(O)=C3C(=O)c4c(O)cccc4[C@H](N)[C@H]3C[C@@H]12. The van der Waals surface area contributed by atoms with Crippen LogP contribution in [0.3, 0.4) is 0 Å². The van der Waals surface area contributed by atoms with E-state index in [2.05, 4.69) is 0 Å². The van der Waals surface area contributed by atoms with Crippen molar-refractivity contribution in [2.45, 2.75) is 24.1 Å². The topological polar surface area (TPSA) is 187 Å². The van der Waals surface area contributed by atoms with E-state index in [-0.39, 0.29) is 23.3 Å².